The average Bonchev–Trinajstić information content (AvgIpc) is 2.97. The van der Waals surface area contributed by atoms with Crippen molar-refractivity contribution < 1.29 is 4.79 Å². The van der Waals surface area contributed by atoms with Crippen molar-refractivity contribution in [3.8, 4) is 0 Å². The van der Waals surface area contributed by atoms with Crippen LogP contribution < -0.4 is 0 Å². The van der Waals surface area contributed by atoms with Crippen LogP contribution in [0.2, 0.25) is 0 Å². The van der Waals surface area contributed by atoms with Gasteiger partial charge in [0.1, 0.15) is 6.04 Å². The standard InChI is InChI=1S/C19H25N3O/c1-4-16(23)22-18(15-10-12(2)9-13(3)11-15)19-17(20-22)14-5-7-21(19)8-6-14/h9-11,14,18-19H,4-8H2,1-3H3. The van der Waals surface area contributed by atoms with E-state index < -0.39 is 0 Å². The lowest BCUT2D eigenvalue weighted by molar-refractivity contribution is -0.133. The number of nitrogens with zero attached hydrogens (tertiary/aromatic N) is 3. The van der Waals surface area contributed by atoms with E-state index in [2.05, 4.69) is 36.9 Å². The third kappa shape index (κ3) is 2.31. The molecule has 2 bridgehead atoms. The van der Waals surface area contributed by atoms with E-state index in [0.717, 1.165) is 13.1 Å². The highest BCUT2D eigenvalue weighted by atomic mass is 16.2. The van der Waals surface area contributed by atoms with Gasteiger partial charge in [-0.15, -0.1) is 0 Å². The molecule has 1 amide bonds. The predicted molar refractivity (Wildman–Crippen MR) is 91.3 cm³/mol. The lowest BCUT2D eigenvalue weighted by Gasteiger charge is -2.46. The Morgan fingerprint density at radius 2 is 1.78 bits per heavy atom. The maximum atomic E-state index is 12.5. The second kappa shape index (κ2) is 5.45. The van der Waals surface area contributed by atoms with Gasteiger partial charge in [-0.3, -0.25) is 9.69 Å². The Bertz CT molecular complexity index is 653. The monoisotopic (exact) mass is 311 g/mol. The Morgan fingerprint density at radius 1 is 1.13 bits per heavy atom. The molecule has 1 aromatic carbocycles. The summed E-state index contributed by atoms with van der Waals surface area (Å²) < 4.78 is 0. The Labute approximate surface area is 138 Å². The molecule has 2 atom stereocenters. The minimum Gasteiger partial charge on any atom is -0.293 e. The molecule has 0 spiro atoms. The summed E-state index contributed by atoms with van der Waals surface area (Å²) in [6.07, 6.45) is 2.90. The fourth-order valence-corrected chi connectivity index (χ4v) is 4.60. The first kappa shape index (κ1) is 14.9. The van der Waals surface area contributed by atoms with E-state index in [1.54, 1.807) is 5.01 Å². The number of hydrazone groups is 1. The normalized spacial score (nSPS) is 32.0. The molecule has 0 aromatic heterocycles. The van der Waals surface area contributed by atoms with Crippen LogP contribution in [0.5, 0.6) is 0 Å². The van der Waals surface area contributed by atoms with Crippen LogP contribution in [0, 0.1) is 19.8 Å². The summed E-state index contributed by atoms with van der Waals surface area (Å²) in [4.78, 5) is 15.1. The Balaban J connectivity index is 1.80. The zero-order chi connectivity index (χ0) is 16.1. The molecule has 3 saturated heterocycles. The molecule has 0 radical (unpaired) electrons. The molecule has 0 aliphatic carbocycles. The lowest BCUT2D eigenvalue weighted by atomic mass is 9.78. The molecule has 4 heteroatoms. The first-order chi connectivity index (χ1) is 11.1. The zero-order valence-corrected chi connectivity index (χ0v) is 14.2. The number of amides is 1. The Morgan fingerprint density at radius 3 is 2.39 bits per heavy atom. The van der Waals surface area contributed by atoms with E-state index in [9.17, 15) is 4.79 Å². The van der Waals surface area contributed by atoms with Gasteiger partial charge < -0.3 is 0 Å². The van der Waals surface area contributed by atoms with Crippen LogP contribution in [0.3, 0.4) is 0 Å². The summed E-state index contributed by atoms with van der Waals surface area (Å²) >= 11 is 0. The molecule has 23 heavy (non-hydrogen) atoms. The van der Waals surface area contributed by atoms with E-state index >= 15 is 0 Å². The van der Waals surface area contributed by atoms with Gasteiger partial charge in [-0.2, -0.15) is 5.10 Å². The largest absolute Gasteiger partial charge is 0.293 e. The second-order valence-electron chi connectivity index (χ2n) is 7.24. The number of rotatable bonds is 2. The molecular weight excluding hydrogens is 286 g/mol. The van der Waals surface area contributed by atoms with Crippen LogP contribution in [0.1, 0.15) is 48.9 Å². The van der Waals surface area contributed by atoms with Crippen molar-refractivity contribution in [3.63, 3.8) is 0 Å². The zero-order valence-electron chi connectivity index (χ0n) is 14.2. The topological polar surface area (TPSA) is 35.9 Å². The molecule has 122 valence electrons. The fraction of sp³-hybridized carbons (Fsp3) is 0.579. The van der Waals surface area contributed by atoms with Crippen molar-refractivity contribution in [3.05, 3.63) is 34.9 Å². The number of aryl methyl sites for hydroxylation is 2. The summed E-state index contributed by atoms with van der Waals surface area (Å²) in [6.45, 7) is 8.48. The number of hydrogen-bond donors (Lipinski definition) is 0. The maximum Gasteiger partial charge on any atom is 0.243 e. The molecule has 4 nitrogen and oxygen atoms in total. The number of carbonyl (C=O) groups excluding carboxylic acids is 1. The Kier molecular flexibility index (Phi) is 3.52. The molecule has 4 aliphatic rings. The number of hydrogen-bond acceptors (Lipinski definition) is 3. The van der Waals surface area contributed by atoms with E-state index in [1.807, 2.05) is 6.92 Å². The van der Waals surface area contributed by atoms with Gasteiger partial charge in [0.05, 0.1) is 11.8 Å². The van der Waals surface area contributed by atoms with Gasteiger partial charge in [-0.05, 0) is 45.3 Å². The molecule has 4 aliphatic heterocycles. The summed E-state index contributed by atoms with van der Waals surface area (Å²) in [5.74, 6) is 0.713. The van der Waals surface area contributed by atoms with Crippen molar-refractivity contribution in [2.45, 2.75) is 52.1 Å². The molecule has 3 fully saturated rings. The minimum atomic E-state index is 0.0548. The van der Waals surface area contributed by atoms with Gasteiger partial charge >= 0.3 is 0 Å². The molecule has 1 aromatic rings. The number of carbonyl (C=O) groups is 1. The van der Waals surface area contributed by atoms with Crippen molar-refractivity contribution in [1.82, 2.24) is 9.91 Å². The van der Waals surface area contributed by atoms with Crippen LogP contribution in [-0.4, -0.2) is 40.7 Å². The average molecular weight is 311 g/mol. The summed E-state index contributed by atoms with van der Waals surface area (Å²) in [7, 11) is 0. The quantitative estimate of drug-likeness (QED) is 0.841. The van der Waals surface area contributed by atoms with Crippen LogP contribution in [0.4, 0.5) is 0 Å². The molecule has 4 heterocycles. The van der Waals surface area contributed by atoms with Gasteiger partial charge in [0.25, 0.3) is 0 Å². The van der Waals surface area contributed by atoms with Gasteiger partial charge in [-0.25, -0.2) is 5.01 Å². The van der Waals surface area contributed by atoms with Crippen LogP contribution in [0.25, 0.3) is 0 Å². The molecular formula is C19H25N3O. The van der Waals surface area contributed by atoms with Crippen LogP contribution in [0.15, 0.2) is 23.3 Å². The van der Waals surface area contributed by atoms with E-state index in [-0.39, 0.29) is 11.9 Å². The lowest BCUT2D eigenvalue weighted by Crippen LogP contribution is -2.56. The summed E-state index contributed by atoms with van der Waals surface area (Å²) in [5, 5.41) is 6.64. The van der Waals surface area contributed by atoms with Gasteiger partial charge in [0.2, 0.25) is 5.91 Å². The number of fused-ring (bicyclic) bond motifs is 2. The Hall–Kier alpha value is -1.68. The first-order valence-electron chi connectivity index (χ1n) is 8.81. The maximum absolute atomic E-state index is 12.5. The highest BCUT2D eigenvalue weighted by molar-refractivity contribution is 5.97. The first-order valence-corrected chi connectivity index (χ1v) is 8.81. The SMILES string of the molecule is CCC(=O)N1N=C2C3CCN(CC3)C2C1c1cc(C)cc(C)c1. The van der Waals surface area contributed by atoms with Gasteiger partial charge in [0.15, 0.2) is 0 Å². The van der Waals surface area contributed by atoms with E-state index in [4.69, 9.17) is 5.10 Å². The molecule has 5 rings (SSSR count). The van der Waals surface area contributed by atoms with Crippen molar-refractivity contribution in [2.75, 3.05) is 13.1 Å². The van der Waals surface area contributed by atoms with Gasteiger partial charge in [0, 0.05) is 12.3 Å². The highest BCUT2D eigenvalue weighted by Gasteiger charge is 2.50. The van der Waals surface area contributed by atoms with Crippen molar-refractivity contribution in [1.29, 1.82) is 0 Å². The number of benzene rings is 1. The van der Waals surface area contributed by atoms with Gasteiger partial charge in [-0.1, -0.05) is 36.2 Å². The highest BCUT2D eigenvalue weighted by Crippen LogP contribution is 2.43. The minimum absolute atomic E-state index is 0.0548. The summed E-state index contributed by atoms with van der Waals surface area (Å²) in [5.41, 5.74) is 5.01. The van der Waals surface area contributed by atoms with Crippen LogP contribution in [-0.2, 0) is 4.79 Å². The third-order valence-corrected chi connectivity index (χ3v) is 5.57. The fourth-order valence-electron chi connectivity index (χ4n) is 4.60. The van der Waals surface area contributed by atoms with E-state index in [1.165, 1.54) is 35.2 Å². The molecule has 0 saturated carbocycles. The smallest absolute Gasteiger partial charge is 0.243 e. The molecule has 2 unspecified atom stereocenters. The molecule has 0 N–H and O–H groups in total. The van der Waals surface area contributed by atoms with E-state index in [0.29, 0.717) is 18.4 Å². The predicted octanol–water partition coefficient (Wildman–Crippen LogP) is 3.05. The van der Waals surface area contributed by atoms with Crippen molar-refractivity contribution in [2.24, 2.45) is 11.0 Å². The number of piperidine rings is 3. The van der Waals surface area contributed by atoms with Crippen molar-refractivity contribution >= 4 is 11.6 Å². The second-order valence-corrected chi connectivity index (χ2v) is 7.24. The van der Waals surface area contributed by atoms with Crippen LogP contribution >= 0.6 is 0 Å². The summed E-state index contributed by atoms with van der Waals surface area (Å²) in [6, 6.07) is 7.00. The third-order valence-electron chi connectivity index (χ3n) is 5.57.